The first-order valence-corrected chi connectivity index (χ1v) is 5.96. The maximum atomic E-state index is 11.3. The third-order valence-corrected chi connectivity index (χ3v) is 3.06. The van der Waals surface area contributed by atoms with Crippen molar-refractivity contribution in [2.24, 2.45) is 5.73 Å². The maximum absolute atomic E-state index is 11.3. The fourth-order valence-electron chi connectivity index (χ4n) is 1.98. The van der Waals surface area contributed by atoms with Gasteiger partial charge in [0.2, 0.25) is 5.91 Å². The van der Waals surface area contributed by atoms with Crippen LogP contribution in [0.3, 0.4) is 0 Å². The molecule has 2 aromatic carbocycles. The van der Waals surface area contributed by atoms with Crippen LogP contribution in [0.15, 0.2) is 42.5 Å². The second kappa shape index (κ2) is 5.33. The van der Waals surface area contributed by atoms with E-state index in [9.17, 15) is 4.79 Å². The molecule has 5 nitrogen and oxygen atoms in total. The van der Waals surface area contributed by atoms with E-state index in [0.29, 0.717) is 28.2 Å². The van der Waals surface area contributed by atoms with Crippen molar-refractivity contribution < 1.29 is 4.79 Å². The number of nitrogen functional groups attached to an aromatic ring is 1. The third-order valence-electron chi connectivity index (χ3n) is 3.06. The monoisotopic (exact) mass is 266 g/mol. The summed E-state index contributed by atoms with van der Waals surface area (Å²) in [5.74, 6) is -0.520. The molecule has 100 valence electrons. The molecule has 4 N–H and O–H groups in total. The molecule has 0 aliphatic heterocycles. The predicted molar refractivity (Wildman–Crippen MR) is 78.6 cm³/mol. The van der Waals surface area contributed by atoms with Crippen molar-refractivity contribution in [3.63, 3.8) is 0 Å². The summed E-state index contributed by atoms with van der Waals surface area (Å²) in [7, 11) is 1.78. The van der Waals surface area contributed by atoms with Crippen molar-refractivity contribution in [1.29, 1.82) is 5.26 Å². The molecule has 0 heterocycles. The Morgan fingerprint density at radius 3 is 2.55 bits per heavy atom. The number of anilines is 3. The summed E-state index contributed by atoms with van der Waals surface area (Å²) >= 11 is 0. The molecule has 1 amide bonds. The highest BCUT2D eigenvalue weighted by Gasteiger charge is 2.13. The van der Waals surface area contributed by atoms with Crippen LogP contribution in [0, 0.1) is 11.3 Å². The maximum Gasteiger partial charge on any atom is 0.248 e. The molecule has 0 atom stereocenters. The topological polar surface area (TPSA) is 96.1 Å². The molecular formula is C15H14N4O. The lowest BCUT2D eigenvalue weighted by atomic mass is 10.1. The number of primary amides is 1. The number of carbonyl (C=O) groups is 1. The van der Waals surface area contributed by atoms with E-state index in [2.05, 4.69) is 6.07 Å². The highest BCUT2D eigenvalue weighted by Crippen LogP contribution is 2.31. The number of nitriles is 1. The van der Waals surface area contributed by atoms with Crippen LogP contribution in [0.5, 0.6) is 0 Å². The molecule has 2 aromatic rings. The molecule has 0 bridgehead atoms. The summed E-state index contributed by atoms with van der Waals surface area (Å²) < 4.78 is 0. The van der Waals surface area contributed by atoms with Gasteiger partial charge in [-0.15, -0.1) is 0 Å². The summed E-state index contributed by atoms with van der Waals surface area (Å²) in [5.41, 5.74) is 14.0. The Morgan fingerprint density at radius 2 is 1.90 bits per heavy atom. The minimum Gasteiger partial charge on any atom is -0.397 e. The normalized spacial score (nSPS) is 9.80. The summed E-state index contributed by atoms with van der Waals surface area (Å²) in [4.78, 5) is 13.0. The number of para-hydroxylation sites is 1. The van der Waals surface area contributed by atoms with Gasteiger partial charge in [-0.2, -0.15) is 5.26 Å². The first-order chi connectivity index (χ1) is 9.54. The molecule has 2 rings (SSSR count). The minimum atomic E-state index is -0.520. The molecule has 0 aliphatic rings. The molecule has 0 aliphatic carbocycles. The summed E-state index contributed by atoms with van der Waals surface area (Å²) in [6, 6.07) is 14.1. The largest absolute Gasteiger partial charge is 0.397 e. The molecule has 5 heteroatoms. The van der Waals surface area contributed by atoms with Crippen molar-refractivity contribution in [1.82, 2.24) is 0 Å². The lowest BCUT2D eigenvalue weighted by molar-refractivity contribution is 0.100. The van der Waals surface area contributed by atoms with Gasteiger partial charge >= 0.3 is 0 Å². The zero-order chi connectivity index (χ0) is 14.7. The van der Waals surface area contributed by atoms with Crippen molar-refractivity contribution in [3.8, 4) is 6.07 Å². The summed E-state index contributed by atoms with van der Waals surface area (Å²) in [6.07, 6.45) is 0. The molecule has 0 saturated carbocycles. The number of rotatable bonds is 3. The number of benzene rings is 2. The minimum absolute atomic E-state index is 0.371. The molecule has 0 spiro atoms. The first kappa shape index (κ1) is 13.4. The van der Waals surface area contributed by atoms with Crippen LogP contribution in [0.4, 0.5) is 17.1 Å². The molecule has 20 heavy (non-hydrogen) atoms. The Labute approximate surface area is 117 Å². The highest BCUT2D eigenvalue weighted by molar-refractivity contribution is 5.95. The smallest absolute Gasteiger partial charge is 0.248 e. The zero-order valence-electron chi connectivity index (χ0n) is 11.0. The van der Waals surface area contributed by atoms with E-state index < -0.39 is 5.91 Å². The second-order valence-electron chi connectivity index (χ2n) is 4.33. The fraction of sp³-hybridized carbons (Fsp3) is 0.0667. The SMILES string of the molecule is CN(c1cc(C(N)=O)ccc1N)c1ccccc1C#N. The Balaban J connectivity index is 2.53. The number of hydrogen-bond donors (Lipinski definition) is 2. The number of nitrogens with zero attached hydrogens (tertiary/aromatic N) is 2. The number of carbonyl (C=O) groups excluding carboxylic acids is 1. The third kappa shape index (κ3) is 2.40. The lowest BCUT2D eigenvalue weighted by Crippen LogP contribution is -2.16. The number of nitrogens with two attached hydrogens (primary N) is 2. The van der Waals surface area contributed by atoms with Crippen molar-refractivity contribution in [3.05, 3.63) is 53.6 Å². The lowest BCUT2D eigenvalue weighted by Gasteiger charge is -2.22. The highest BCUT2D eigenvalue weighted by atomic mass is 16.1. The zero-order valence-corrected chi connectivity index (χ0v) is 11.0. The van der Waals surface area contributed by atoms with Gasteiger partial charge in [-0.05, 0) is 30.3 Å². The molecule has 0 saturated heterocycles. The van der Waals surface area contributed by atoms with Gasteiger partial charge in [-0.3, -0.25) is 4.79 Å². The molecule has 0 fully saturated rings. The van der Waals surface area contributed by atoms with Gasteiger partial charge in [-0.1, -0.05) is 12.1 Å². The number of hydrogen-bond acceptors (Lipinski definition) is 4. The van der Waals surface area contributed by atoms with Gasteiger partial charge in [0.05, 0.1) is 22.6 Å². The average Bonchev–Trinajstić information content (AvgIpc) is 2.46. The Kier molecular flexibility index (Phi) is 3.58. The van der Waals surface area contributed by atoms with Crippen LogP contribution in [0.1, 0.15) is 15.9 Å². The second-order valence-corrected chi connectivity index (χ2v) is 4.33. The predicted octanol–water partition coefficient (Wildman–Crippen LogP) is 2.01. The van der Waals surface area contributed by atoms with Gasteiger partial charge < -0.3 is 16.4 Å². The van der Waals surface area contributed by atoms with Crippen LogP contribution in [-0.2, 0) is 0 Å². The van der Waals surface area contributed by atoms with Crippen LogP contribution in [0.2, 0.25) is 0 Å². The van der Waals surface area contributed by atoms with Gasteiger partial charge in [0.1, 0.15) is 6.07 Å². The quantitative estimate of drug-likeness (QED) is 0.830. The Bertz CT molecular complexity index is 703. The Hall–Kier alpha value is -3.00. The fourth-order valence-corrected chi connectivity index (χ4v) is 1.98. The molecule has 0 unspecified atom stereocenters. The van der Waals surface area contributed by atoms with Crippen molar-refractivity contribution in [2.45, 2.75) is 0 Å². The van der Waals surface area contributed by atoms with Crippen LogP contribution >= 0.6 is 0 Å². The van der Waals surface area contributed by atoms with Gasteiger partial charge in [0.25, 0.3) is 0 Å². The first-order valence-electron chi connectivity index (χ1n) is 5.96. The number of amides is 1. The van der Waals surface area contributed by atoms with E-state index in [-0.39, 0.29) is 0 Å². The molecule has 0 aromatic heterocycles. The van der Waals surface area contributed by atoms with Crippen molar-refractivity contribution >= 4 is 23.0 Å². The Morgan fingerprint density at radius 1 is 1.20 bits per heavy atom. The average molecular weight is 266 g/mol. The van der Waals surface area contributed by atoms with E-state index in [1.807, 2.05) is 12.1 Å². The molecule has 0 radical (unpaired) electrons. The van der Waals surface area contributed by atoms with Crippen LogP contribution in [0.25, 0.3) is 0 Å². The van der Waals surface area contributed by atoms with Crippen LogP contribution in [-0.4, -0.2) is 13.0 Å². The summed E-state index contributed by atoms with van der Waals surface area (Å²) in [6.45, 7) is 0. The summed E-state index contributed by atoms with van der Waals surface area (Å²) in [5, 5.41) is 9.14. The van der Waals surface area contributed by atoms with E-state index in [4.69, 9.17) is 16.7 Å². The van der Waals surface area contributed by atoms with E-state index in [1.54, 1.807) is 42.3 Å². The van der Waals surface area contributed by atoms with Gasteiger partial charge in [0, 0.05) is 12.6 Å². The van der Waals surface area contributed by atoms with E-state index in [0.717, 1.165) is 0 Å². The molecular weight excluding hydrogens is 252 g/mol. The van der Waals surface area contributed by atoms with Gasteiger partial charge in [0.15, 0.2) is 0 Å². The van der Waals surface area contributed by atoms with E-state index >= 15 is 0 Å². The van der Waals surface area contributed by atoms with Crippen LogP contribution < -0.4 is 16.4 Å². The standard InChI is InChI=1S/C15H14N4O/c1-19(13-5-3-2-4-11(13)9-16)14-8-10(15(18)20)6-7-12(14)17/h2-8H,17H2,1H3,(H2,18,20). The van der Waals surface area contributed by atoms with Crippen molar-refractivity contribution in [2.75, 3.05) is 17.7 Å². The van der Waals surface area contributed by atoms with E-state index in [1.165, 1.54) is 0 Å². The van der Waals surface area contributed by atoms with Gasteiger partial charge in [-0.25, -0.2) is 0 Å².